The smallest absolute Gasteiger partial charge is 0.251 e. The minimum Gasteiger partial charge on any atom is -0.379 e. The minimum absolute atomic E-state index is 0.149. The molecule has 2 aromatic rings. The Hall–Kier alpha value is -2.70. The maximum Gasteiger partial charge on any atom is 0.251 e. The molecule has 1 aliphatic rings. The summed E-state index contributed by atoms with van der Waals surface area (Å²) in [5.41, 5.74) is 2.75. The molecular formula is C25H33N3O3. The second kappa shape index (κ2) is 12.2. The van der Waals surface area contributed by atoms with Crippen LogP contribution in [-0.4, -0.2) is 62.1 Å². The molecule has 1 fully saturated rings. The number of nitrogens with zero attached hydrogens (tertiary/aromatic N) is 1. The molecule has 6 heteroatoms. The Kier molecular flexibility index (Phi) is 9.06. The van der Waals surface area contributed by atoms with Gasteiger partial charge in [-0.2, -0.15) is 0 Å². The Morgan fingerprint density at radius 3 is 2.39 bits per heavy atom. The van der Waals surface area contributed by atoms with E-state index in [4.69, 9.17) is 4.74 Å². The number of nitrogens with one attached hydrogen (secondary N) is 2. The standard InChI is InChI=1S/C25H33N3O3/c1-2-20-9-11-22(12-10-20)24(29)27-23(19-21-7-4-3-5-8-21)25(30)26-13-6-14-28-15-17-31-18-16-28/h3-5,7-12,23H,2,6,13-19H2,1H3,(H,26,30)(H,27,29). The summed E-state index contributed by atoms with van der Waals surface area (Å²) in [5.74, 6) is -0.378. The molecule has 31 heavy (non-hydrogen) atoms. The van der Waals surface area contributed by atoms with Gasteiger partial charge in [-0.3, -0.25) is 14.5 Å². The van der Waals surface area contributed by atoms with Gasteiger partial charge in [0, 0.05) is 31.6 Å². The lowest BCUT2D eigenvalue weighted by atomic mass is 10.0. The topological polar surface area (TPSA) is 70.7 Å². The summed E-state index contributed by atoms with van der Waals surface area (Å²) in [6.45, 7) is 7.03. The summed E-state index contributed by atoms with van der Waals surface area (Å²) in [6.07, 6.45) is 2.25. The predicted octanol–water partition coefficient (Wildman–Crippen LogP) is 2.43. The van der Waals surface area contributed by atoms with E-state index in [0.717, 1.165) is 51.3 Å². The van der Waals surface area contributed by atoms with Crippen molar-refractivity contribution >= 4 is 11.8 Å². The fourth-order valence-electron chi connectivity index (χ4n) is 3.65. The van der Waals surface area contributed by atoms with Crippen LogP contribution in [0.3, 0.4) is 0 Å². The van der Waals surface area contributed by atoms with Crippen LogP contribution in [0.1, 0.15) is 34.8 Å². The molecule has 166 valence electrons. The minimum atomic E-state index is -0.621. The summed E-state index contributed by atoms with van der Waals surface area (Å²) >= 11 is 0. The third-order valence-corrected chi connectivity index (χ3v) is 5.58. The van der Waals surface area contributed by atoms with Gasteiger partial charge in [-0.25, -0.2) is 0 Å². The van der Waals surface area contributed by atoms with E-state index in [1.165, 1.54) is 5.56 Å². The molecule has 0 aromatic heterocycles. The van der Waals surface area contributed by atoms with E-state index >= 15 is 0 Å². The van der Waals surface area contributed by atoms with Crippen LogP contribution < -0.4 is 10.6 Å². The van der Waals surface area contributed by atoms with Crippen LogP contribution in [0.25, 0.3) is 0 Å². The highest BCUT2D eigenvalue weighted by atomic mass is 16.5. The van der Waals surface area contributed by atoms with Crippen molar-refractivity contribution in [2.75, 3.05) is 39.4 Å². The number of amides is 2. The molecule has 0 bridgehead atoms. The number of carbonyl (C=O) groups excluding carboxylic acids is 2. The van der Waals surface area contributed by atoms with Gasteiger partial charge in [0.1, 0.15) is 6.04 Å². The van der Waals surface area contributed by atoms with Crippen LogP contribution >= 0.6 is 0 Å². The second-order valence-corrected chi connectivity index (χ2v) is 7.86. The van der Waals surface area contributed by atoms with Crippen LogP contribution in [0.15, 0.2) is 54.6 Å². The Labute approximate surface area is 185 Å². The molecule has 0 aliphatic carbocycles. The number of carbonyl (C=O) groups is 2. The highest BCUT2D eigenvalue weighted by Crippen LogP contribution is 2.08. The third kappa shape index (κ3) is 7.49. The van der Waals surface area contributed by atoms with Crippen LogP contribution in [0, 0.1) is 0 Å². The first-order valence-electron chi connectivity index (χ1n) is 11.2. The van der Waals surface area contributed by atoms with Gasteiger partial charge in [-0.05, 0) is 42.6 Å². The maximum absolute atomic E-state index is 12.9. The number of hydrogen-bond acceptors (Lipinski definition) is 4. The monoisotopic (exact) mass is 423 g/mol. The zero-order valence-corrected chi connectivity index (χ0v) is 18.3. The molecule has 2 amide bonds. The van der Waals surface area contributed by atoms with Gasteiger partial charge in [-0.1, -0.05) is 49.4 Å². The van der Waals surface area contributed by atoms with E-state index < -0.39 is 6.04 Å². The number of rotatable bonds is 10. The maximum atomic E-state index is 12.9. The number of aryl methyl sites for hydroxylation is 1. The van der Waals surface area contributed by atoms with Crippen LogP contribution in [0.2, 0.25) is 0 Å². The van der Waals surface area contributed by atoms with E-state index in [1.807, 2.05) is 54.6 Å². The van der Waals surface area contributed by atoms with E-state index in [9.17, 15) is 9.59 Å². The summed E-state index contributed by atoms with van der Waals surface area (Å²) < 4.78 is 5.37. The van der Waals surface area contributed by atoms with Crippen molar-refractivity contribution in [2.45, 2.75) is 32.2 Å². The van der Waals surface area contributed by atoms with E-state index in [2.05, 4.69) is 22.5 Å². The van der Waals surface area contributed by atoms with Crippen LogP contribution in [0.4, 0.5) is 0 Å². The summed E-state index contributed by atoms with van der Waals surface area (Å²) in [7, 11) is 0. The highest BCUT2D eigenvalue weighted by Gasteiger charge is 2.22. The van der Waals surface area contributed by atoms with E-state index in [-0.39, 0.29) is 11.8 Å². The van der Waals surface area contributed by atoms with Crippen molar-refractivity contribution in [2.24, 2.45) is 0 Å². The first-order valence-corrected chi connectivity index (χ1v) is 11.2. The number of benzene rings is 2. The summed E-state index contributed by atoms with van der Waals surface area (Å²) in [4.78, 5) is 28.0. The summed E-state index contributed by atoms with van der Waals surface area (Å²) in [5, 5.41) is 5.94. The van der Waals surface area contributed by atoms with Gasteiger partial charge in [0.15, 0.2) is 0 Å². The lowest BCUT2D eigenvalue weighted by molar-refractivity contribution is -0.123. The first-order chi connectivity index (χ1) is 15.2. The van der Waals surface area contributed by atoms with Gasteiger partial charge < -0.3 is 15.4 Å². The fraction of sp³-hybridized carbons (Fsp3) is 0.440. The van der Waals surface area contributed by atoms with Gasteiger partial charge in [0.05, 0.1) is 13.2 Å². The third-order valence-electron chi connectivity index (χ3n) is 5.58. The first kappa shape index (κ1) is 23.0. The lowest BCUT2D eigenvalue weighted by Gasteiger charge is -2.26. The molecule has 1 aliphatic heterocycles. The molecule has 3 rings (SSSR count). The molecule has 1 saturated heterocycles. The van der Waals surface area contributed by atoms with Gasteiger partial charge in [-0.15, -0.1) is 0 Å². The van der Waals surface area contributed by atoms with Crippen LogP contribution in [-0.2, 0) is 22.4 Å². The van der Waals surface area contributed by atoms with Gasteiger partial charge >= 0.3 is 0 Å². The quantitative estimate of drug-likeness (QED) is 0.576. The zero-order chi connectivity index (χ0) is 21.9. The number of hydrogen-bond donors (Lipinski definition) is 2. The zero-order valence-electron chi connectivity index (χ0n) is 18.3. The Bertz CT molecular complexity index is 818. The average molecular weight is 424 g/mol. The SMILES string of the molecule is CCc1ccc(C(=O)NC(Cc2ccccc2)C(=O)NCCCN2CCOCC2)cc1. The molecule has 2 N–H and O–H groups in total. The highest BCUT2D eigenvalue weighted by molar-refractivity contribution is 5.97. The number of ether oxygens (including phenoxy) is 1. The molecular weight excluding hydrogens is 390 g/mol. The van der Waals surface area contributed by atoms with Gasteiger partial charge in [0.2, 0.25) is 5.91 Å². The predicted molar refractivity (Wildman–Crippen MR) is 122 cm³/mol. The van der Waals surface area contributed by atoms with Crippen molar-refractivity contribution in [3.05, 3.63) is 71.3 Å². The van der Waals surface area contributed by atoms with Crippen LogP contribution in [0.5, 0.6) is 0 Å². The van der Waals surface area contributed by atoms with Crippen molar-refractivity contribution in [1.82, 2.24) is 15.5 Å². The molecule has 6 nitrogen and oxygen atoms in total. The molecule has 0 spiro atoms. The molecule has 1 heterocycles. The largest absolute Gasteiger partial charge is 0.379 e. The second-order valence-electron chi connectivity index (χ2n) is 7.86. The Balaban J connectivity index is 1.56. The van der Waals surface area contributed by atoms with Crippen molar-refractivity contribution in [3.8, 4) is 0 Å². The normalized spacial score (nSPS) is 15.3. The average Bonchev–Trinajstić information content (AvgIpc) is 2.82. The Morgan fingerprint density at radius 2 is 1.71 bits per heavy atom. The van der Waals surface area contributed by atoms with E-state index in [0.29, 0.717) is 18.5 Å². The molecule has 0 radical (unpaired) electrons. The summed E-state index contributed by atoms with van der Waals surface area (Å²) in [6, 6.07) is 16.7. The number of morpholine rings is 1. The van der Waals surface area contributed by atoms with Crippen molar-refractivity contribution in [3.63, 3.8) is 0 Å². The Morgan fingerprint density at radius 1 is 1.00 bits per heavy atom. The van der Waals surface area contributed by atoms with Crippen molar-refractivity contribution in [1.29, 1.82) is 0 Å². The lowest BCUT2D eigenvalue weighted by Crippen LogP contribution is -2.48. The molecule has 1 atom stereocenters. The van der Waals surface area contributed by atoms with Gasteiger partial charge in [0.25, 0.3) is 5.91 Å². The fourth-order valence-corrected chi connectivity index (χ4v) is 3.65. The molecule has 1 unspecified atom stereocenters. The van der Waals surface area contributed by atoms with E-state index in [1.54, 1.807) is 0 Å². The molecule has 0 saturated carbocycles. The molecule has 2 aromatic carbocycles. The van der Waals surface area contributed by atoms with Crippen molar-refractivity contribution < 1.29 is 14.3 Å².